The third-order valence-electron chi connectivity index (χ3n) is 5.40. The van der Waals surface area contributed by atoms with E-state index in [4.69, 9.17) is 4.99 Å². The monoisotopic (exact) mass is 472 g/mol. The number of aliphatic hydroxyl groups excluding tert-OH is 1. The number of nitrogens with zero attached hydrogens (tertiary/aromatic N) is 2. The maximum Gasteiger partial charge on any atom is 0.191 e. The van der Waals surface area contributed by atoms with Crippen LogP contribution in [0.5, 0.6) is 0 Å². The van der Waals surface area contributed by atoms with Gasteiger partial charge in [-0.15, -0.1) is 24.0 Å². The van der Waals surface area contributed by atoms with Gasteiger partial charge in [-0.3, -0.25) is 4.99 Å². The molecule has 2 aliphatic rings. The van der Waals surface area contributed by atoms with Crippen molar-refractivity contribution in [2.45, 2.75) is 45.6 Å². The van der Waals surface area contributed by atoms with Gasteiger partial charge < -0.3 is 20.6 Å². The van der Waals surface area contributed by atoms with Crippen molar-refractivity contribution in [2.24, 2.45) is 10.4 Å². The van der Waals surface area contributed by atoms with E-state index < -0.39 is 0 Å². The molecular formula is C20H33IN4O. The number of aliphatic imine (C=N–C) groups is 1. The van der Waals surface area contributed by atoms with Crippen LogP contribution in [0.1, 0.15) is 51.1 Å². The second-order valence-electron chi connectivity index (χ2n) is 7.51. The Kier molecular flexibility index (Phi) is 8.01. The highest BCUT2D eigenvalue weighted by atomic mass is 127. The lowest BCUT2D eigenvalue weighted by molar-refractivity contribution is 0.217. The van der Waals surface area contributed by atoms with E-state index in [1.807, 2.05) is 0 Å². The van der Waals surface area contributed by atoms with Gasteiger partial charge in [-0.05, 0) is 57.2 Å². The predicted molar refractivity (Wildman–Crippen MR) is 120 cm³/mol. The van der Waals surface area contributed by atoms with Crippen molar-refractivity contribution < 1.29 is 5.11 Å². The average Bonchev–Trinajstić information content (AvgIpc) is 3.21. The molecule has 3 rings (SSSR count). The summed E-state index contributed by atoms with van der Waals surface area (Å²) in [7, 11) is 0. The molecule has 2 fully saturated rings. The van der Waals surface area contributed by atoms with Crippen molar-refractivity contribution in [3.8, 4) is 0 Å². The normalized spacial score (nSPS) is 19.7. The molecule has 1 aromatic carbocycles. The lowest BCUT2D eigenvalue weighted by atomic mass is 10.1. The summed E-state index contributed by atoms with van der Waals surface area (Å²) in [5.41, 5.74) is 2.64. The summed E-state index contributed by atoms with van der Waals surface area (Å²) >= 11 is 0. The van der Waals surface area contributed by atoms with E-state index in [0.717, 1.165) is 25.3 Å². The minimum atomic E-state index is 0. The molecule has 1 unspecified atom stereocenters. The lowest BCUT2D eigenvalue weighted by Crippen LogP contribution is -2.39. The minimum absolute atomic E-state index is 0. The van der Waals surface area contributed by atoms with Crippen LogP contribution in [-0.4, -0.2) is 43.9 Å². The molecule has 1 aliphatic carbocycles. The van der Waals surface area contributed by atoms with Crippen LogP contribution in [0, 0.1) is 5.41 Å². The van der Waals surface area contributed by atoms with Gasteiger partial charge in [-0.2, -0.15) is 0 Å². The molecule has 5 nitrogen and oxygen atoms in total. The van der Waals surface area contributed by atoms with Crippen LogP contribution < -0.4 is 15.5 Å². The smallest absolute Gasteiger partial charge is 0.191 e. The summed E-state index contributed by atoms with van der Waals surface area (Å²) in [5.74, 6) is 0.835. The molecule has 1 aromatic rings. The Balaban J connectivity index is 0.00000243. The fourth-order valence-corrected chi connectivity index (χ4v) is 3.36. The second-order valence-corrected chi connectivity index (χ2v) is 7.51. The lowest BCUT2D eigenvalue weighted by Gasteiger charge is -2.22. The average molecular weight is 472 g/mol. The van der Waals surface area contributed by atoms with Crippen molar-refractivity contribution in [2.75, 3.05) is 37.7 Å². The van der Waals surface area contributed by atoms with Gasteiger partial charge in [0.15, 0.2) is 5.96 Å². The molecule has 1 aliphatic heterocycles. The van der Waals surface area contributed by atoms with Crippen molar-refractivity contribution in [1.82, 2.24) is 10.6 Å². The van der Waals surface area contributed by atoms with Gasteiger partial charge >= 0.3 is 0 Å². The third-order valence-corrected chi connectivity index (χ3v) is 5.40. The SMILES string of the molecule is CCNC(=NCC1(CO)CC1)NC(C)c1cccc(N2CCCC2)c1.I. The zero-order valence-corrected chi connectivity index (χ0v) is 18.3. The molecule has 0 bridgehead atoms. The summed E-state index contributed by atoms with van der Waals surface area (Å²) < 4.78 is 0. The van der Waals surface area contributed by atoms with Gasteiger partial charge in [0.05, 0.1) is 19.2 Å². The Morgan fingerprint density at radius 3 is 2.65 bits per heavy atom. The van der Waals surface area contributed by atoms with E-state index in [9.17, 15) is 5.11 Å². The first kappa shape index (κ1) is 21.3. The molecule has 1 saturated carbocycles. The third kappa shape index (κ3) is 5.49. The van der Waals surface area contributed by atoms with Gasteiger partial charge in [0.1, 0.15) is 0 Å². The number of rotatable bonds is 7. The van der Waals surface area contributed by atoms with Gasteiger partial charge in [-0.25, -0.2) is 0 Å². The molecule has 146 valence electrons. The van der Waals surface area contributed by atoms with E-state index in [0.29, 0.717) is 6.54 Å². The fraction of sp³-hybridized carbons (Fsp3) is 0.650. The van der Waals surface area contributed by atoms with Gasteiger partial charge in [0.2, 0.25) is 0 Å². The molecule has 3 N–H and O–H groups in total. The zero-order chi connectivity index (χ0) is 17.7. The predicted octanol–water partition coefficient (Wildman–Crippen LogP) is 3.29. The number of hydrogen-bond donors (Lipinski definition) is 3. The van der Waals surface area contributed by atoms with Crippen molar-refractivity contribution in [1.29, 1.82) is 0 Å². The highest BCUT2D eigenvalue weighted by Gasteiger charge is 2.41. The maximum absolute atomic E-state index is 9.48. The number of aliphatic hydroxyl groups is 1. The number of guanidine groups is 1. The summed E-state index contributed by atoms with van der Waals surface area (Å²) in [5, 5.41) is 16.3. The number of halogens is 1. The maximum atomic E-state index is 9.48. The van der Waals surface area contributed by atoms with Crippen LogP contribution in [-0.2, 0) is 0 Å². The highest BCUT2D eigenvalue weighted by Crippen LogP contribution is 2.45. The van der Waals surface area contributed by atoms with Crippen molar-refractivity contribution in [3.63, 3.8) is 0 Å². The van der Waals surface area contributed by atoms with Gasteiger partial charge in [0.25, 0.3) is 0 Å². The summed E-state index contributed by atoms with van der Waals surface area (Å²) in [6.07, 6.45) is 4.75. The molecule has 0 radical (unpaired) electrons. The van der Waals surface area contributed by atoms with Crippen LogP contribution in [0.4, 0.5) is 5.69 Å². The van der Waals surface area contributed by atoms with E-state index in [1.54, 1.807) is 0 Å². The number of hydrogen-bond acceptors (Lipinski definition) is 3. The molecule has 1 heterocycles. The van der Waals surface area contributed by atoms with Crippen LogP contribution in [0.15, 0.2) is 29.3 Å². The Labute approximate surface area is 174 Å². The van der Waals surface area contributed by atoms with E-state index >= 15 is 0 Å². The first-order valence-corrected chi connectivity index (χ1v) is 9.66. The molecule has 0 amide bonds. The molecule has 0 aromatic heterocycles. The first-order chi connectivity index (χ1) is 12.2. The summed E-state index contributed by atoms with van der Waals surface area (Å²) in [6, 6.07) is 9.01. The number of benzene rings is 1. The quantitative estimate of drug-likeness (QED) is 0.324. The highest BCUT2D eigenvalue weighted by molar-refractivity contribution is 14.0. The fourth-order valence-electron chi connectivity index (χ4n) is 3.36. The Morgan fingerprint density at radius 1 is 1.31 bits per heavy atom. The zero-order valence-electron chi connectivity index (χ0n) is 16.0. The van der Waals surface area contributed by atoms with Crippen LogP contribution in [0.3, 0.4) is 0 Å². The second kappa shape index (κ2) is 9.78. The van der Waals surface area contributed by atoms with Crippen LogP contribution in [0.25, 0.3) is 0 Å². The van der Waals surface area contributed by atoms with Crippen LogP contribution >= 0.6 is 24.0 Å². The molecule has 26 heavy (non-hydrogen) atoms. The number of nitrogens with one attached hydrogen (secondary N) is 2. The minimum Gasteiger partial charge on any atom is -0.396 e. The molecule has 6 heteroatoms. The van der Waals surface area contributed by atoms with E-state index in [-0.39, 0.29) is 42.0 Å². The van der Waals surface area contributed by atoms with Crippen molar-refractivity contribution in [3.05, 3.63) is 29.8 Å². The largest absolute Gasteiger partial charge is 0.396 e. The van der Waals surface area contributed by atoms with Crippen LogP contribution in [0.2, 0.25) is 0 Å². The molecular weight excluding hydrogens is 439 g/mol. The van der Waals surface area contributed by atoms with E-state index in [1.165, 1.54) is 37.2 Å². The Morgan fingerprint density at radius 2 is 2.04 bits per heavy atom. The molecule has 0 spiro atoms. The van der Waals surface area contributed by atoms with Gasteiger partial charge in [0, 0.05) is 30.7 Å². The van der Waals surface area contributed by atoms with Crippen molar-refractivity contribution >= 4 is 35.6 Å². The Bertz CT molecular complexity index is 597. The molecule has 1 saturated heterocycles. The van der Waals surface area contributed by atoms with Gasteiger partial charge in [-0.1, -0.05) is 12.1 Å². The standard InChI is InChI=1S/C20H32N4O.HI/c1-3-21-19(22-14-20(15-25)9-10-20)23-16(2)17-7-6-8-18(13-17)24-11-4-5-12-24;/h6-8,13,16,25H,3-5,9-12,14-15H2,1-2H3,(H2,21,22,23);1H. The topological polar surface area (TPSA) is 59.9 Å². The van der Waals surface area contributed by atoms with E-state index in [2.05, 4.69) is 53.6 Å². The molecule has 1 atom stereocenters. The first-order valence-electron chi connectivity index (χ1n) is 9.66. The summed E-state index contributed by atoms with van der Waals surface area (Å²) in [6.45, 7) is 8.35. The summed E-state index contributed by atoms with van der Waals surface area (Å²) in [4.78, 5) is 7.17. The Hall–Kier alpha value is -1.02. The number of anilines is 1.